The van der Waals surface area contributed by atoms with E-state index in [0.29, 0.717) is 42.3 Å². The van der Waals surface area contributed by atoms with Gasteiger partial charge in [0.1, 0.15) is 5.75 Å². The molecule has 0 aliphatic rings. The first-order valence-corrected chi connectivity index (χ1v) is 9.87. The van der Waals surface area contributed by atoms with Crippen molar-refractivity contribution in [1.29, 1.82) is 0 Å². The van der Waals surface area contributed by atoms with Crippen LogP contribution in [-0.4, -0.2) is 42.3 Å². The number of nitrogens with zero attached hydrogens (tertiary/aromatic N) is 1. The lowest BCUT2D eigenvalue weighted by molar-refractivity contribution is 0.0950. The zero-order chi connectivity index (χ0) is 22.2. The molecule has 0 fully saturated rings. The monoisotopic (exact) mass is 422 g/mol. The van der Waals surface area contributed by atoms with Crippen molar-refractivity contribution in [2.45, 2.75) is 13.3 Å². The highest BCUT2D eigenvalue weighted by Gasteiger charge is 2.14. The van der Waals surface area contributed by atoms with Crippen LogP contribution in [0, 0.1) is 6.92 Å². The van der Waals surface area contributed by atoms with Gasteiger partial charge in [-0.2, -0.15) is 5.10 Å². The molecule has 0 bridgehead atoms. The Bertz CT molecular complexity index is 1060. The number of methoxy groups -OCH3 is 1. The van der Waals surface area contributed by atoms with Crippen LogP contribution in [0.2, 0.25) is 0 Å². The number of rotatable bonds is 8. The summed E-state index contributed by atoms with van der Waals surface area (Å²) < 4.78 is 5.25. The molecule has 0 saturated heterocycles. The van der Waals surface area contributed by atoms with Crippen LogP contribution in [0.15, 0.2) is 48.5 Å². The van der Waals surface area contributed by atoms with Gasteiger partial charge in [0.15, 0.2) is 5.82 Å². The second-order valence-electron chi connectivity index (χ2n) is 6.87. The number of amides is 3. The third-order valence-electron chi connectivity index (χ3n) is 4.62. The molecular formula is C22H26N6O3. The third kappa shape index (κ3) is 5.61. The molecular weight excluding hydrogens is 396 g/mol. The number of benzene rings is 2. The van der Waals surface area contributed by atoms with E-state index in [1.54, 1.807) is 24.3 Å². The molecule has 3 aromatic rings. The largest absolute Gasteiger partial charge is 0.496 e. The molecule has 2 aromatic carbocycles. The topological polar surface area (TPSA) is 134 Å². The molecule has 0 aliphatic heterocycles. The summed E-state index contributed by atoms with van der Waals surface area (Å²) in [6, 6.07) is 14.0. The fourth-order valence-electron chi connectivity index (χ4n) is 3.04. The smallest absolute Gasteiger partial charge is 0.324 e. The molecule has 1 aromatic heterocycles. The average Bonchev–Trinajstić information content (AvgIpc) is 3.22. The molecule has 162 valence electrons. The number of aromatic amines is 1. The molecule has 0 unspecified atom stereocenters. The van der Waals surface area contributed by atoms with Gasteiger partial charge in [0.25, 0.3) is 5.91 Å². The maximum Gasteiger partial charge on any atom is 0.324 e. The Morgan fingerprint density at radius 1 is 1.13 bits per heavy atom. The maximum absolute atomic E-state index is 12.4. The predicted molar refractivity (Wildman–Crippen MR) is 120 cm³/mol. The summed E-state index contributed by atoms with van der Waals surface area (Å²) in [7, 11) is 1.48. The van der Waals surface area contributed by atoms with Gasteiger partial charge in [-0.1, -0.05) is 24.3 Å². The molecule has 0 spiro atoms. The molecule has 0 saturated carbocycles. The molecule has 6 N–H and O–H groups in total. The van der Waals surface area contributed by atoms with E-state index in [4.69, 9.17) is 10.5 Å². The van der Waals surface area contributed by atoms with E-state index in [0.717, 1.165) is 16.8 Å². The zero-order valence-electron chi connectivity index (χ0n) is 17.5. The minimum absolute atomic E-state index is 0.301. The SMILES string of the molecule is COc1ccc(NC(=O)Nc2cc(-c3ccccc3C)[nH]n2)cc1C(=O)NCCCN. The summed E-state index contributed by atoms with van der Waals surface area (Å²) in [6.07, 6.45) is 0.669. The van der Waals surface area contributed by atoms with Crippen molar-refractivity contribution in [1.82, 2.24) is 15.5 Å². The van der Waals surface area contributed by atoms with Crippen LogP contribution in [0.25, 0.3) is 11.3 Å². The van der Waals surface area contributed by atoms with Gasteiger partial charge in [-0.05, 0) is 43.7 Å². The number of carbonyl (C=O) groups is 2. The van der Waals surface area contributed by atoms with Crippen LogP contribution in [0.4, 0.5) is 16.3 Å². The lowest BCUT2D eigenvalue weighted by Crippen LogP contribution is -2.26. The summed E-state index contributed by atoms with van der Waals surface area (Å²) in [5.74, 6) is 0.486. The van der Waals surface area contributed by atoms with Gasteiger partial charge in [0, 0.05) is 23.9 Å². The van der Waals surface area contributed by atoms with Crippen LogP contribution in [-0.2, 0) is 0 Å². The third-order valence-corrected chi connectivity index (χ3v) is 4.62. The molecule has 3 rings (SSSR count). The zero-order valence-corrected chi connectivity index (χ0v) is 17.5. The van der Waals surface area contributed by atoms with E-state index >= 15 is 0 Å². The molecule has 0 atom stereocenters. The Morgan fingerprint density at radius 2 is 1.94 bits per heavy atom. The highest BCUT2D eigenvalue weighted by atomic mass is 16.5. The average molecular weight is 422 g/mol. The summed E-state index contributed by atoms with van der Waals surface area (Å²) in [4.78, 5) is 24.8. The van der Waals surface area contributed by atoms with Crippen molar-refractivity contribution in [2.24, 2.45) is 5.73 Å². The second kappa shape index (κ2) is 10.3. The number of ether oxygens (including phenoxy) is 1. The fraction of sp³-hybridized carbons (Fsp3) is 0.227. The molecule has 1 heterocycles. The first kappa shape index (κ1) is 21.8. The molecule has 9 heteroatoms. The molecule has 0 radical (unpaired) electrons. The maximum atomic E-state index is 12.4. The van der Waals surface area contributed by atoms with Crippen molar-refractivity contribution >= 4 is 23.4 Å². The van der Waals surface area contributed by atoms with Gasteiger partial charge < -0.3 is 21.1 Å². The van der Waals surface area contributed by atoms with Crippen LogP contribution >= 0.6 is 0 Å². The van der Waals surface area contributed by atoms with E-state index < -0.39 is 6.03 Å². The van der Waals surface area contributed by atoms with Gasteiger partial charge in [0.2, 0.25) is 0 Å². The summed E-state index contributed by atoms with van der Waals surface area (Å²) in [6.45, 7) is 2.94. The van der Waals surface area contributed by atoms with Crippen LogP contribution in [0.5, 0.6) is 5.75 Å². The van der Waals surface area contributed by atoms with Gasteiger partial charge in [-0.15, -0.1) is 0 Å². The first-order chi connectivity index (χ1) is 15.0. The summed E-state index contributed by atoms with van der Waals surface area (Å²) in [5.41, 5.74) is 9.11. The number of hydrogen-bond donors (Lipinski definition) is 5. The lowest BCUT2D eigenvalue weighted by Gasteiger charge is -2.12. The Hall–Kier alpha value is -3.85. The Kier molecular flexibility index (Phi) is 7.23. The number of hydrogen-bond acceptors (Lipinski definition) is 5. The Labute approximate surface area is 180 Å². The van der Waals surface area contributed by atoms with Crippen molar-refractivity contribution in [3.05, 3.63) is 59.7 Å². The molecule has 9 nitrogen and oxygen atoms in total. The number of anilines is 2. The fourth-order valence-corrected chi connectivity index (χ4v) is 3.04. The van der Waals surface area contributed by atoms with Crippen molar-refractivity contribution in [3.63, 3.8) is 0 Å². The number of aryl methyl sites for hydroxylation is 1. The minimum Gasteiger partial charge on any atom is -0.496 e. The first-order valence-electron chi connectivity index (χ1n) is 9.87. The van der Waals surface area contributed by atoms with Crippen molar-refractivity contribution < 1.29 is 14.3 Å². The summed E-state index contributed by atoms with van der Waals surface area (Å²) in [5, 5.41) is 15.2. The van der Waals surface area contributed by atoms with E-state index in [-0.39, 0.29) is 5.91 Å². The van der Waals surface area contributed by atoms with E-state index in [9.17, 15) is 9.59 Å². The highest BCUT2D eigenvalue weighted by Crippen LogP contribution is 2.24. The van der Waals surface area contributed by atoms with E-state index in [2.05, 4.69) is 26.1 Å². The van der Waals surface area contributed by atoms with Gasteiger partial charge in [-0.3, -0.25) is 15.2 Å². The normalized spacial score (nSPS) is 10.4. The number of nitrogens with one attached hydrogen (secondary N) is 4. The molecule has 0 aliphatic carbocycles. The van der Waals surface area contributed by atoms with Gasteiger partial charge in [0.05, 0.1) is 18.4 Å². The minimum atomic E-state index is -0.484. The molecule has 31 heavy (non-hydrogen) atoms. The number of nitrogens with two attached hydrogens (primary N) is 1. The number of aromatic nitrogens is 2. The van der Waals surface area contributed by atoms with Crippen molar-refractivity contribution in [2.75, 3.05) is 30.8 Å². The Morgan fingerprint density at radius 3 is 2.68 bits per heavy atom. The lowest BCUT2D eigenvalue weighted by atomic mass is 10.1. The predicted octanol–water partition coefficient (Wildman–Crippen LogP) is 3.12. The Balaban J connectivity index is 1.67. The van der Waals surface area contributed by atoms with E-state index in [1.165, 1.54) is 7.11 Å². The molecule has 3 amide bonds. The standard InChI is InChI=1S/C22H26N6O3/c1-14-6-3-4-7-16(14)18-13-20(28-27-18)26-22(30)25-15-8-9-19(31-2)17(12-15)21(29)24-11-5-10-23/h3-4,6-9,12-13H,5,10-11,23H2,1-2H3,(H,24,29)(H3,25,26,27,28,30). The number of urea groups is 1. The number of carbonyl (C=O) groups excluding carboxylic acids is 2. The van der Waals surface area contributed by atoms with Crippen LogP contribution in [0.3, 0.4) is 0 Å². The number of H-pyrrole nitrogens is 1. The summed E-state index contributed by atoms with van der Waals surface area (Å²) >= 11 is 0. The van der Waals surface area contributed by atoms with Gasteiger partial charge >= 0.3 is 6.03 Å². The van der Waals surface area contributed by atoms with Crippen molar-refractivity contribution in [3.8, 4) is 17.0 Å². The highest BCUT2D eigenvalue weighted by molar-refractivity contribution is 6.02. The van der Waals surface area contributed by atoms with E-state index in [1.807, 2.05) is 31.2 Å². The second-order valence-corrected chi connectivity index (χ2v) is 6.87. The quantitative estimate of drug-likeness (QED) is 0.356. The van der Waals surface area contributed by atoms with Crippen LogP contribution < -0.4 is 26.4 Å². The van der Waals surface area contributed by atoms with Crippen LogP contribution in [0.1, 0.15) is 22.3 Å². The van der Waals surface area contributed by atoms with Gasteiger partial charge in [-0.25, -0.2) is 4.79 Å².